The van der Waals surface area contributed by atoms with Gasteiger partial charge in [-0.3, -0.25) is 0 Å². The molecule has 4 nitrogen and oxygen atoms in total. The molecule has 1 spiro atoms. The van der Waals surface area contributed by atoms with Crippen LogP contribution >= 0.6 is 11.8 Å². The lowest BCUT2D eigenvalue weighted by Gasteiger charge is -2.37. The average molecular weight is 244 g/mol. The number of hydrogen-bond acceptors (Lipinski definition) is 3. The number of hydrogen-bond donors (Lipinski definition) is 2. The molecule has 2 amide bonds. The fourth-order valence-electron chi connectivity index (χ4n) is 2.41. The largest absolute Gasteiger partial charge is 0.374 e. The van der Waals surface area contributed by atoms with E-state index in [0.29, 0.717) is 6.54 Å². The van der Waals surface area contributed by atoms with Crippen LogP contribution in [0.1, 0.15) is 26.2 Å². The molecule has 0 saturated carbocycles. The molecule has 2 aliphatic rings. The van der Waals surface area contributed by atoms with E-state index >= 15 is 0 Å². The molecule has 2 heterocycles. The molecule has 0 aromatic rings. The van der Waals surface area contributed by atoms with Crippen LogP contribution in [-0.2, 0) is 4.74 Å². The molecule has 0 aromatic carbocycles. The van der Waals surface area contributed by atoms with Crippen LogP contribution in [-0.4, -0.2) is 42.3 Å². The molecule has 2 saturated heterocycles. The number of carbonyl (C=O) groups is 1. The van der Waals surface area contributed by atoms with E-state index in [0.717, 1.165) is 31.6 Å². The highest BCUT2D eigenvalue weighted by atomic mass is 32.2. The Morgan fingerprint density at radius 2 is 2.50 bits per heavy atom. The van der Waals surface area contributed by atoms with Crippen LogP contribution in [0.25, 0.3) is 0 Å². The summed E-state index contributed by atoms with van der Waals surface area (Å²) in [5, 5.41) is 5.81. The second-order valence-electron chi connectivity index (χ2n) is 4.53. The number of urea groups is 1. The predicted octanol–water partition coefficient (Wildman–Crippen LogP) is 1.36. The number of rotatable bonds is 2. The van der Waals surface area contributed by atoms with Crippen LogP contribution in [0.2, 0.25) is 0 Å². The minimum absolute atomic E-state index is 0.0461. The van der Waals surface area contributed by atoms with E-state index in [4.69, 9.17) is 4.74 Å². The van der Waals surface area contributed by atoms with Gasteiger partial charge in [-0.15, -0.1) is 0 Å². The van der Waals surface area contributed by atoms with Crippen LogP contribution in [0, 0.1) is 0 Å². The van der Waals surface area contributed by atoms with E-state index in [9.17, 15) is 4.79 Å². The van der Waals surface area contributed by atoms with Crippen molar-refractivity contribution in [2.75, 3.05) is 24.7 Å². The quantitative estimate of drug-likeness (QED) is 0.771. The lowest BCUT2D eigenvalue weighted by atomic mass is 9.90. The number of thioether (sulfide) groups is 1. The third kappa shape index (κ3) is 2.83. The summed E-state index contributed by atoms with van der Waals surface area (Å²) in [6.45, 7) is 3.38. The maximum absolute atomic E-state index is 11.4. The zero-order chi connectivity index (χ0) is 11.4. The van der Waals surface area contributed by atoms with Crippen molar-refractivity contribution in [3.05, 3.63) is 0 Å². The minimum Gasteiger partial charge on any atom is -0.374 e. The first kappa shape index (κ1) is 12.0. The van der Waals surface area contributed by atoms with Gasteiger partial charge >= 0.3 is 6.03 Å². The molecule has 2 fully saturated rings. The molecule has 2 unspecified atom stereocenters. The summed E-state index contributed by atoms with van der Waals surface area (Å²) in [7, 11) is 0. The molecular formula is C11H20N2O2S. The van der Waals surface area contributed by atoms with E-state index in [2.05, 4.69) is 10.6 Å². The van der Waals surface area contributed by atoms with E-state index < -0.39 is 0 Å². The van der Waals surface area contributed by atoms with Gasteiger partial charge < -0.3 is 15.4 Å². The fraction of sp³-hybridized carbons (Fsp3) is 0.909. The summed E-state index contributed by atoms with van der Waals surface area (Å²) in [4.78, 5) is 11.4. The maximum atomic E-state index is 11.4. The monoisotopic (exact) mass is 244 g/mol. The van der Waals surface area contributed by atoms with Gasteiger partial charge in [0.05, 0.1) is 5.60 Å². The molecule has 0 bridgehead atoms. The average Bonchev–Trinajstić information content (AvgIpc) is 2.66. The molecule has 0 radical (unpaired) electrons. The van der Waals surface area contributed by atoms with Gasteiger partial charge in [-0.2, -0.15) is 11.8 Å². The predicted molar refractivity (Wildman–Crippen MR) is 65.9 cm³/mol. The Morgan fingerprint density at radius 1 is 1.62 bits per heavy atom. The Morgan fingerprint density at radius 3 is 3.19 bits per heavy atom. The second kappa shape index (κ2) is 5.27. The highest BCUT2D eigenvalue weighted by molar-refractivity contribution is 7.99. The molecule has 16 heavy (non-hydrogen) atoms. The van der Waals surface area contributed by atoms with Gasteiger partial charge in [0, 0.05) is 24.9 Å². The molecule has 0 aliphatic carbocycles. The first-order valence-corrected chi connectivity index (χ1v) is 7.16. The van der Waals surface area contributed by atoms with Gasteiger partial charge in [-0.25, -0.2) is 4.79 Å². The lowest BCUT2D eigenvalue weighted by molar-refractivity contribution is -0.0684. The lowest BCUT2D eigenvalue weighted by Crippen LogP contribution is -2.51. The summed E-state index contributed by atoms with van der Waals surface area (Å²) in [6, 6.07) is 0.231. The van der Waals surface area contributed by atoms with E-state index in [1.165, 1.54) is 5.75 Å². The van der Waals surface area contributed by atoms with Crippen LogP contribution in [0.15, 0.2) is 0 Å². The maximum Gasteiger partial charge on any atom is 0.314 e. The van der Waals surface area contributed by atoms with Crippen LogP contribution in [0.4, 0.5) is 4.79 Å². The molecule has 92 valence electrons. The Labute approximate surface area is 101 Å². The molecule has 5 heteroatoms. The number of carbonyl (C=O) groups excluding carboxylic acids is 1. The highest BCUT2D eigenvalue weighted by Gasteiger charge is 2.40. The summed E-state index contributed by atoms with van der Waals surface area (Å²) in [5.74, 6) is 2.27. The van der Waals surface area contributed by atoms with Gasteiger partial charge in [0.25, 0.3) is 0 Å². The summed E-state index contributed by atoms with van der Waals surface area (Å²) < 4.78 is 5.91. The van der Waals surface area contributed by atoms with Crippen LogP contribution in [0.5, 0.6) is 0 Å². The molecule has 2 aliphatic heterocycles. The van der Waals surface area contributed by atoms with Crippen molar-refractivity contribution in [3.63, 3.8) is 0 Å². The highest BCUT2D eigenvalue weighted by Crippen LogP contribution is 2.38. The number of nitrogens with one attached hydrogen (secondary N) is 2. The first-order valence-electron chi connectivity index (χ1n) is 6.00. The first-order chi connectivity index (χ1) is 7.74. The zero-order valence-corrected chi connectivity index (χ0v) is 10.6. The van der Waals surface area contributed by atoms with E-state index in [-0.39, 0.29) is 17.7 Å². The normalized spacial score (nSPS) is 33.9. The van der Waals surface area contributed by atoms with Crippen molar-refractivity contribution in [3.8, 4) is 0 Å². The third-order valence-corrected chi connectivity index (χ3v) is 4.46. The van der Waals surface area contributed by atoms with Crippen molar-refractivity contribution in [2.24, 2.45) is 0 Å². The Bertz CT molecular complexity index is 254. The topological polar surface area (TPSA) is 50.4 Å². The molecule has 2 atom stereocenters. The summed E-state index contributed by atoms with van der Waals surface area (Å²) in [6.07, 6.45) is 3.03. The van der Waals surface area contributed by atoms with Crippen molar-refractivity contribution in [1.82, 2.24) is 10.6 Å². The molecular weight excluding hydrogens is 224 g/mol. The van der Waals surface area contributed by atoms with Gasteiger partial charge in [0.2, 0.25) is 0 Å². The molecule has 2 rings (SSSR count). The van der Waals surface area contributed by atoms with E-state index in [1.807, 2.05) is 18.7 Å². The fourth-order valence-corrected chi connectivity index (χ4v) is 3.79. The smallest absolute Gasteiger partial charge is 0.314 e. The Balaban J connectivity index is 1.84. The molecule has 2 N–H and O–H groups in total. The Kier molecular flexibility index (Phi) is 3.97. The SMILES string of the molecule is CCNC(=O)NC1CCOC2(CCSC2)C1. The van der Waals surface area contributed by atoms with Crippen molar-refractivity contribution < 1.29 is 9.53 Å². The van der Waals surface area contributed by atoms with Crippen molar-refractivity contribution >= 4 is 17.8 Å². The van der Waals surface area contributed by atoms with Crippen LogP contribution in [0.3, 0.4) is 0 Å². The van der Waals surface area contributed by atoms with Gasteiger partial charge in [-0.1, -0.05) is 0 Å². The van der Waals surface area contributed by atoms with Gasteiger partial charge in [-0.05, 0) is 31.9 Å². The summed E-state index contributed by atoms with van der Waals surface area (Å²) in [5.41, 5.74) is 0.0487. The second-order valence-corrected chi connectivity index (χ2v) is 5.63. The minimum atomic E-state index is -0.0461. The van der Waals surface area contributed by atoms with Crippen molar-refractivity contribution in [2.45, 2.75) is 37.8 Å². The van der Waals surface area contributed by atoms with Gasteiger partial charge in [0.1, 0.15) is 0 Å². The van der Waals surface area contributed by atoms with Gasteiger partial charge in [0.15, 0.2) is 0 Å². The standard InChI is InChI=1S/C11H20N2O2S/c1-2-12-10(14)13-9-3-5-15-11(7-9)4-6-16-8-11/h9H,2-8H2,1H3,(H2,12,13,14). The van der Waals surface area contributed by atoms with Crippen LogP contribution < -0.4 is 10.6 Å². The van der Waals surface area contributed by atoms with E-state index in [1.54, 1.807) is 0 Å². The van der Waals surface area contributed by atoms with Crippen molar-refractivity contribution in [1.29, 1.82) is 0 Å². The third-order valence-electron chi connectivity index (χ3n) is 3.23. The molecule has 0 aromatic heterocycles. The Hall–Kier alpha value is -0.420. The number of ether oxygens (including phenoxy) is 1. The number of amides is 2. The zero-order valence-electron chi connectivity index (χ0n) is 9.75. The summed E-state index contributed by atoms with van der Waals surface area (Å²) >= 11 is 1.96.